The fourth-order valence-electron chi connectivity index (χ4n) is 1.59. The van der Waals surface area contributed by atoms with E-state index in [0.717, 1.165) is 5.56 Å². The van der Waals surface area contributed by atoms with Crippen molar-refractivity contribution in [3.05, 3.63) is 29.8 Å². The number of carbonyl (C=O) groups is 1. The molecule has 1 N–H and O–H groups in total. The Kier molecular flexibility index (Phi) is 5.08. The molecule has 0 amide bonds. The van der Waals surface area contributed by atoms with Crippen LogP contribution in [0.3, 0.4) is 0 Å². The second-order valence-electron chi connectivity index (χ2n) is 4.37. The van der Waals surface area contributed by atoms with Gasteiger partial charge in [0.15, 0.2) is 0 Å². The van der Waals surface area contributed by atoms with Crippen molar-refractivity contribution < 1.29 is 31.9 Å². The van der Waals surface area contributed by atoms with Gasteiger partial charge in [0.25, 0.3) is 0 Å². The number of Topliss-reactive ketones (excluding diaryl/α,β-unsaturated/α-hetero) is 1. The largest absolute Gasteiger partial charge is 0.508 e. The monoisotopic (exact) mass is 296 g/mol. The maximum Gasteiger partial charge on any atom is 0.461 e. The van der Waals surface area contributed by atoms with E-state index in [0.29, 0.717) is 12.8 Å². The Hall–Kier alpha value is -1.66. The number of halogens is 5. The molecule has 1 aromatic carbocycles. The molecule has 1 aromatic rings. The zero-order chi connectivity index (χ0) is 15.4. The highest BCUT2D eigenvalue weighted by Crippen LogP contribution is 2.37. The summed E-state index contributed by atoms with van der Waals surface area (Å²) in [5.74, 6) is -7.30. The molecule has 0 saturated heterocycles. The molecule has 0 radical (unpaired) electrons. The molecule has 112 valence electrons. The van der Waals surface area contributed by atoms with E-state index in [1.165, 1.54) is 12.1 Å². The van der Waals surface area contributed by atoms with E-state index in [-0.39, 0.29) is 12.2 Å². The summed E-state index contributed by atoms with van der Waals surface area (Å²) in [6, 6.07) is 6.11. The first-order valence-electron chi connectivity index (χ1n) is 5.90. The lowest BCUT2D eigenvalue weighted by molar-refractivity contribution is -0.268. The van der Waals surface area contributed by atoms with Crippen LogP contribution < -0.4 is 0 Å². The van der Waals surface area contributed by atoms with E-state index in [2.05, 4.69) is 0 Å². The van der Waals surface area contributed by atoms with Gasteiger partial charge < -0.3 is 5.11 Å². The Morgan fingerprint density at radius 3 is 2.05 bits per heavy atom. The van der Waals surface area contributed by atoms with Gasteiger partial charge in [-0.25, -0.2) is 0 Å². The van der Waals surface area contributed by atoms with Crippen molar-refractivity contribution in [2.75, 3.05) is 0 Å². The number of alkyl halides is 5. The standard InChI is InChI=1S/C13H13F5O2/c14-12(15,13(16,17)18)11(20)4-2-1-3-9-5-7-10(19)8-6-9/h5-8,19H,1-4H2. The predicted molar refractivity (Wildman–Crippen MR) is 61.7 cm³/mol. The molecule has 0 fully saturated rings. The third-order valence-corrected chi connectivity index (χ3v) is 2.76. The highest BCUT2D eigenvalue weighted by Gasteiger charge is 2.62. The first-order valence-corrected chi connectivity index (χ1v) is 5.90. The molecule has 0 aliphatic rings. The summed E-state index contributed by atoms with van der Waals surface area (Å²) in [7, 11) is 0. The number of hydrogen-bond acceptors (Lipinski definition) is 2. The molecule has 2 nitrogen and oxygen atoms in total. The first-order chi connectivity index (χ1) is 9.14. The number of aryl methyl sites for hydroxylation is 1. The van der Waals surface area contributed by atoms with Crippen LogP contribution in [0, 0.1) is 0 Å². The van der Waals surface area contributed by atoms with Crippen molar-refractivity contribution in [2.45, 2.75) is 37.8 Å². The molecule has 0 aliphatic heterocycles. The van der Waals surface area contributed by atoms with Crippen LogP contribution >= 0.6 is 0 Å². The summed E-state index contributed by atoms with van der Waals surface area (Å²) in [6.45, 7) is 0. The second kappa shape index (κ2) is 6.19. The Labute approximate surface area is 112 Å². The van der Waals surface area contributed by atoms with Gasteiger partial charge in [0, 0.05) is 6.42 Å². The van der Waals surface area contributed by atoms with Gasteiger partial charge in [0.2, 0.25) is 5.78 Å². The Bertz CT molecular complexity index is 451. The Morgan fingerprint density at radius 1 is 1.00 bits per heavy atom. The molecular weight excluding hydrogens is 283 g/mol. The van der Waals surface area contributed by atoms with Gasteiger partial charge >= 0.3 is 12.1 Å². The van der Waals surface area contributed by atoms with Crippen LogP contribution in [0.1, 0.15) is 24.8 Å². The lowest BCUT2D eigenvalue weighted by Crippen LogP contribution is -2.43. The molecule has 1 rings (SSSR count). The zero-order valence-electron chi connectivity index (χ0n) is 10.4. The SMILES string of the molecule is O=C(CCCCc1ccc(O)cc1)C(F)(F)C(F)(F)F. The van der Waals surface area contributed by atoms with Gasteiger partial charge in [-0.2, -0.15) is 22.0 Å². The Morgan fingerprint density at radius 2 is 1.55 bits per heavy atom. The van der Waals surface area contributed by atoms with Crippen molar-refractivity contribution in [2.24, 2.45) is 0 Å². The summed E-state index contributed by atoms with van der Waals surface area (Å²) in [6.07, 6.45) is -5.95. The normalized spacial score (nSPS) is 12.4. The smallest absolute Gasteiger partial charge is 0.461 e. The van der Waals surface area contributed by atoms with Gasteiger partial charge in [-0.15, -0.1) is 0 Å². The molecule has 0 unspecified atom stereocenters. The minimum absolute atomic E-state index is 0.0502. The number of carbonyl (C=O) groups excluding carboxylic acids is 1. The first kappa shape index (κ1) is 16.4. The van der Waals surface area contributed by atoms with Gasteiger partial charge in [-0.3, -0.25) is 4.79 Å². The van der Waals surface area contributed by atoms with E-state index >= 15 is 0 Å². The number of phenolic OH excluding ortho intramolecular Hbond substituents is 1. The van der Waals surface area contributed by atoms with Crippen molar-refractivity contribution >= 4 is 5.78 Å². The van der Waals surface area contributed by atoms with E-state index in [1.54, 1.807) is 12.1 Å². The average Bonchev–Trinajstić information content (AvgIpc) is 2.35. The molecular formula is C13H13F5O2. The van der Waals surface area contributed by atoms with Crippen LogP contribution in [0.15, 0.2) is 24.3 Å². The van der Waals surface area contributed by atoms with Crippen LogP contribution in [-0.2, 0) is 11.2 Å². The number of benzene rings is 1. The van der Waals surface area contributed by atoms with E-state index in [1.807, 2.05) is 0 Å². The quantitative estimate of drug-likeness (QED) is 0.639. The topological polar surface area (TPSA) is 37.3 Å². The number of ketones is 1. The Balaban J connectivity index is 2.38. The van der Waals surface area contributed by atoms with Crippen molar-refractivity contribution in [1.29, 1.82) is 0 Å². The molecule has 0 heterocycles. The molecule has 0 atom stereocenters. The van der Waals surface area contributed by atoms with Crippen molar-refractivity contribution in [3.63, 3.8) is 0 Å². The van der Waals surface area contributed by atoms with Gasteiger partial charge in [-0.05, 0) is 37.0 Å². The molecule has 0 aliphatic carbocycles. The van der Waals surface area contributed by atoms with Gasteiger partial charge in [0.1, 0.15) is 5.75 Å². The summed E-state index contributed by atoms with van der Waals surface area (Å²) < 4.78 is 60.9. The number of phenols is 1. The van der Waals surface area contributed by atoms with Gasteiger partial charge in [0.05, 0.1) is 0 Å². The third-order valence-electron chi connectivity index (χ3n) is 2.76. The molecule has 0 aromatic heterocycles. The number of aromatic hydroxyl groups is 1. The summed E-state index contributed by atoms with van der Waals surface area (Å²) >= 11 is 0. The minimum atomic E-state index is -5.83. The summed E-state index contributed by atoms with van der Waals surface area (Å²) in [4.78, 5) is 10.9. The maximum atomic E-state index is 12.6. The molecule has 7 heteroatoms. The van der Waals surface area contributed by atoms with Crippen LogP contribution in [-0.4, -0.2) is 23.0 Å². The van der Waals surface area contributed by atoms with Crippen molar-refractivity contribution in [3.8, 4) is 5.75 Å². The van der Waals surface area contributed by atoms with Crippen LogP contribution in [0.25, 0.3) is 0 Å². The minimum Gasteiger partial charge on any atom is -0.508 e. The maximum absolute atomic E-state index is 12.6. The fraction of sp³-hybridized carbons (Fsp3) is 0.462. The number of rotatable bonds is 6. The molecule has 0 bridgehead atoms. The lowest BCUT2D eigenvalue weighted by Gasteiger charge is -2.17. The highest BCUT2D eigenvalue weighted by atomic mass is 19.4. The van der Waals surface area contributed by atoms with Crippen LogP contribution in [0.2, 0.25) is 0 Å². The van der Waals surface area contributed by atoms with E-state index in [9.17, 15) is 26.7 Å². The van der Waals surface area contributed by atoms with E-state index < -0.39 is 24.3 Å². The van der Waals surface area contributed by atoms with Crippen molar-refractivity contribution in [1.82, 2.24) is 0 Å². The predicted octanol–water partition coefficient (Wildman–Crippen LogP) is 3.87. The van der Waals surface area contributed by atoms with Gasteiger partial charge in [-0.1, -0.05) is 12.1 Å². The van der Waals surface area contributed by atoms with E-state index in [4.69, 9.17) is 5.11 Å². The molecule has 0 saturated carbocycles. The average molecular weight is 296 g/mol. The fourth-order valence-corrected chi connectivity index (χ4v) is 1.59. The third kappa shape index (κ3) is 4.18. The summed E-state index contributed by atoms with van der Waals surface area (Å²) in [5.41, 5.74) is 0.804. The zero-order valence-corrected chi connectivity index (χ0v) is 10.4. The van der Waals surface area contributed by atoms with Crippen LogP contribution in [0.5, 0.6) is 5.75 Å². The lowest BCUT2D eigenvalue weighted by atomic mass is 10.0. The van der Waals surface area contributed by atoms with Crippen LogP contribution in [0.4, 0.5) is 22.0 Å². The summed E-state index contributed by atoms with van der Waals surface area (Å²) in [5, 5.41) is 9.03. The number of hydrogen-bond donors (Lipinski definition) is 1. The second-order valence-corrected chi connectivity index (χ2v) is 4.37. The number of unbranched alkanes of at least 4 members (excludes halogenated alkanes) is 1. The molecule has 0 spiro atoms. The molecule has 20 heavy (non-hydrogen) atoms. The highest BCUT2D eigenvalue weighted by molar-refractivity contribution is 5.86.